The Labute approximate surface area is 284 Å². The Balaban J connectivity index is 1.30. The minimum atomic E-state index is 0.623. The third kappa shape index (κ3) is 5.04. The molecule has 0 unspecified atom stereocenters. The van der Waals surface area contributed by atoms with Gasteiger partial charge in [0.1, 0.15) is 0 Å². The van der Waals surface area contributed by atoms with E-state index in [-0.39, 0.29) is 0 Å². The van der Waals surface area contributed by atoms with Gasteiger partial charge in [-0.25, -0.2) is 9.83 Å². The molecule has 3 heteroatoms. The largest absolute Gasteiger partial charge is 0.309 e. The molecule has 228 valence electrons. The number of pyridine rings is 1. The fourth-order valence-electron chi connectivity index (χ4n) is 7.02. The Morgan fingerprint density at radius 2 is 1.10 bits per heavy atom. The van der Waals surface area contributed by atoms with Crippen LogP contribution in [0.2, 0.25) is 0 Å². The highest BCUT2D eigenvalue weighted by atomic mass is 15.0. The molecule has 0 spiro atoms. The molecule has 0 amide bonds. The minimum absolute atomic E-state index is 0.623. The molecule has 0 aliphatic carbocycles. The van der Waals surface area contributed by atoms with Gasteiger partial charge in [0.2, 0.25) is 0 Å². The average Bonchev–Trinajstić information content (AvgIpc) is 3.51. The monoisotopic (exact) mass is 623 g/mol. The first kappa shape index (κ1) is 28.5. The molecular weight excluding hydrogens is 595 g/mol. The molecule has 0 radical (unpaired) electrons. The molecule has 0 saturated carbocycles. The van der Waals surface area contributed by atoms with Crippen LogP contribution in [0.3, 0.4) is 0 Å². The maximum absolute atomic E-state index is 7.95. The zero-order valence-corrected chi connectivity index (χ0v) is 26.6. The molecule has 0 saturated heterocycles. The van der Waals surface area contributed by atoms with Gasteiger partial charge in [-0.3, -0.25) is 0 Å². The van der Waals surface area contributed by atoms with Crippen LogP contribution in [0.1, 0.15) is 0 Å². The van der Waals surface area contributed by atoms with Crippen LogP contribution >= 0.6 is 0 Å². The summed E-state index contributed by atoms with van der Waals surface area (Å²) < 4.78 is 2.36. The van der Waals surface area contributed by atoms with Gasteiger partial charge < -0.3 is 4.57 Å². The number of aromatic nitrogens is 2. The number of benzene rings is 7. The van der Waals surface area contributed by atoms with Crippen molar-refractivity contribution >= 4 is 38.3 Å². The molecule has 7 aromatic carbocycles. The van der Waals surface area contributed by atoms with Gasteiger partial charge in [-0.05, 0) is 81.6 Å². The first-order valence-electron chi connectivity index (χ1n) is 16.4. The second-order valence-corrected chi connectivity index (χ2v) is 12.3. The average molecular weight is 624 g/mol. The summed E-state index contributed by atoms with van der Waals surface area (Å²) >= 11 is 0. The Bertz CT molecular complexity index is 2730. The molecular formula is C46H29N3. The van der Waals surface area contributed by atoms with Crippen molar-refractivity contribution in [2.24, 2.45) is 0 Å². The molecule has 0 aliphatic heterocycles. The molecule has 0 fully saturated rings. The second-order valence-electron chi connectivity index (χ2n) is 12.3. The zero-order chi connectivity index (χ0) is 32.7. The van der Waals surface area contributed by atoms with E-state index in [1.54, 1.807) is 0 Å². The standard InChI is InChI=1S/C46H29N3/c1-47-44-18-9-7-16-39(44)36-27-37(43-20-11-19-42(48-43)32-13-3-2-4-14-32)29-38(28-36)49-45-21-10-8-17-40(45)41-25-24-35(30-46(41)49)34-23-22-31-12-5-6-15-33(31)26-34/h2-30H. The topological polar surface area (TPSA) is 22.2 Å². The molecule has 49 heavy (non-hydrogen) atoms. The second kappa shape index (κ2) is 11.8. The quantitative estimate of drug-likeness (QED) is 0.175. The van der Waals surface area contributed by atoms with Gasteiger partial charge in [0.25, 0.3) is 0 Å². The Morgan fingerprint density at radius 3 is 1.98 bits per heavy atom. The molecule has 0 atom stereocenters. The third-order valence-electron chi connectivity index (χ3n) is 9.38. The van der Waals surface area contributed by atoms with Crippen LogP contribution in [0.15, 0.2) is 176 Å². The highest BCUT2D eigenvalue weighted by Gasteiger charge is 2.17. The predicted molar refractivity (Wildman–Crippen MR) is 204 cm³/mol. The molecule has 2 aromatic heterocycles. The van der Waals surface area contributed by atoms with Gasteiger partial charge >= 0.3 is 0 Å². The molecule has 0 aliphatic rings. The summed E-state index contributed by atoms with van der Waals surface area (Å²) in [6, 6.07) is 61.5. The van der Waals surface area contributed by atoms with Crippen molar-refractivity contribution in [3.05, 3.63) is 187 Å². The molecule has 3 nitrogen and oxygen atoms in total. The predicted octanol–water partition coefficient (Wildman–Crippen LogP) is 12.6. The lowest BCUT2D eigenvalue weighted by atomic mass is 9.98. The summed E-state index contributed by atoms with van der Waals surface area (Å²) in [5, 5.41) is 4.84. The molecule has 9 aromatic rings. The lowest BCUT2D eigenvalue weighted by Crippen LogP contribution is -1.97. The van der Waals surface area contributed by atoms with Crippen LogP contribution in [0.4, 0.5) is 5.69 Å². The number of hydrogen-bond acceptors (Lipinski definition) is 1. The number of fused-ring (bicyclic) bond motifs is 4. The third-order valence-corrected chi connectivity index (χ3v) is 9.38. The molecule has 0 N–H and O–H groups in total. The van der Waals surface area contributed by atoms with Gasteiger partial charge in [0.05, 0.1) is 29.0 Å². The first-order valence-corrected chi connectivity index (χ1v) is 16.4. The van der Waals surface area contributed by atoms with Crippen molar-refractivity contribution in [1.82, 2.24) is 9.55 Å². The fourth-order valence-corrected chi connectivity index (χ4v) is 7.02. The highest BCUT2D eigenvalue weighted by molar-refractivity contribution is 6.10. The van der Waals surface area contributed by atoms with E-state index in [0.29, 0.717) is 5.69 Å². The van der Waals surface area contributed by atoms with E-state index in [1.807, 2.05) is 42.5 Å². The molecule has 9 rings (SSSR count). The van der Waals surface area contributed by atoms with Crippen molar-refractivity contribution < 1.29 is 0 Å². The Kier molecular flexibility index (Phi) is 6.85. The van der Waals surface area contributed by atoms with Crippen molar-refractivity contribution in [3.63, 3.8) is 0 Å². The molecule has 0 bridgehead atoms. The Hall–Kier alpha value is -6.76. The van der Waals surface area contributed by atoms with Crippen LogP contribution in [-0.4, -0.2) is 9.55 Å². The Morgan fingerprint density at radius 1 is 0.429 bits per heavy atom. The zero-order valence-electron chi connectivity index (χ0n) is 26.6. The van der Waals surface area contributed by atoms with Gasteiger partial charge in [0, 0.05) is 27.6 Å². The maximum Gasteiger partial charge on any atom is 0.194 e. The van der Waals surface area contributed by atoms with Crippen LogP contribution in [0, 0.1) is 6.57 Å². The summed E-state index contributed by atoms with van der Waals surface area (Å²) in [7, 11) is 0. The summed E-state index contributed by atoms with van der Waals surface area (Å²) in [6.07, 6.45) is 0. The van der Waals surface area contributed by atoms with Crippen molar-refractivity contribution in [2.75, 3.05) is 0 Å². The van der Waals surface area contributed by atoms with Crippen LogP contribution in [0.5, 0.6) is 0 Å². The van der Waals surface area contributed by atoms with E-state index in [0.717, 1.165) is 55.9 Å². The minimum Gasteiger partial charge on any atom is -0.309 e. The summed E-state index contributed by atoms with van der Waals surface area (Å²) in [4.78, 5) is 9.04. The van der Waals surface area contributed by atoms with Crippen LogP contribution in [0.25, 0.3) is 87.9 Å². The fraction of sp³-hybridized carbons (Fsp3) is 0. The maximum atomic E-state index is 7.95. The van der Waals surface area contributed by atoms with E-state index >= 15 is 0 Å². The normalized spacial score (nSPS) is 11.2. The van der Waals surface area contributed by atoms with E-state index in [4.69, 9.17) is 11.6 Å². The van der Waals surface area contributed by atoms with Crippen molar-refractivity contribution in [3.8, 4) is 50.5 Å². The number of hydrogen-bond donors (Lipinski definition) is 0. The van der Waals surface area contributed by atoms with Gasteiger partial charge in [-0.15, -0.1) is 0 Å². The smallest absolute Gasteiger partial charge is 0.194 e. The highest BCUT2D eigenvalue weighted by Crippen LogP contribution is 2.39. The number of nitrogens with zero attached hydrogens (tertiary/aromatic N) is 3. The van der Waals surface area contributed by atoms with E-state index < -0.39 is 0 Å². The van der Waals surface area contributed by atoms with E-state index in [9.17, 15) is 0 Å². The van der Waals surface area contributed by atoms with Crippen LogP contribution in [-0.2, 0) is 0 Å². The summed E-state index contributed by atoms with van der Waals surface area (Å²) in [5.41, 5.74) is 12.0. The summed E-state index contributed by atoms with van der Waals surface area (Å²) in [5.74, 6) is 0. The first-order chi connectivity index (χ1) is 24.2. The SMILES string of the molecule is [C-]#[N+]c1ccccc1-c1cc(-c2cccc(-c3ccccc3)n2)cc(-n2c3ccccc3c3ccc(-c4ccc5ccccc5c4)cc32)c1. The van der Waals surface area contributed by atoms with E-state index in [2.05, 4.69) is 143 Å². The van der Waals surface area contributed by atoms with E-state index in [1.165, 1.54) is 27.1 Å². The van der Waals surface area contributed by atoms with Crippen LogP contribution < -0.4 is 0 Å². The van der Waals surface area contributed by atoms with Crippen molar-refractivity contribution in [1.29, 1.82) is 0 Å². The van der Waals surface area contributed by atoms with Gasteiger partial charge in [0.15, 0.2) is 5.69 Å². The van der Waals surface area contributed by atoms with Gasteiger partial charge in [-0.2, -0.15) is 0 Å². The van der Waals surface area contributed by atoms with Crippen molar-refractivity contribution in [2.45, 2.75) is 0 Å². The van der Waals surface area contributed by atoms with Gasteiger partial charge in [-0.1, -0.05) is 127 Å². The lowest BCUT2D eigenvalue weighted by molar-refractivity contribution is 1.18. The number of rotatable bonds is 5. The molecule has 2 heterocycles. The number of para-hydroxylation sites is 2. The lowest BCUT2D eigenvalue weighted by Gasteiger charge is -2.15. The summed E-state index contributed by atoms with van der Waals surface area (Å²) in [6.45, 7) is 7.95.